The fourth-order valence-corrected chi connectivity index (χ4v) is 3.54. The fraction of sp³-hybridized carbons (Fsp3) is 0.455. The molecule has 0 spiro atoms. The molecule has 1 aromatic rings. The molecule has 0 fully saturated rings. The molecule has 6 heteroatoms. The number of benzene rings is 1. The highest BCUT2D eigenvalue weighted by atomic mass is 35.5. The maximum absolute atomic E-state index is 13.1. The van der Waals surface area contributed by atoms with E-state index < -0.39 is 15.8 Å². The van der Waals surface area contributed by atoms with Crippen molar-refractivity contribution in [1.82, 2.24) is 4.72 Å². The summed E-state index contributed by atoms with van der Waals surface area (Å²) in [6, 6.07) is 2.03. The lowest BCUT2D eigenvalue weighted by molar-refractivity contribution is 0.568. The molecule has 17 heavy (non-hydrogen) atoms. The summed E-state index contributed by atoms with van der Waals surface area (Å²) >= 11 is 5.56. The zero-order valence-electron chi connectivity index (χ0n) is 9.92. The van der Waals surface area contributed by atoms with E-state index in [0.717, 1.165) is 0 Å². The molecule has 0 aliphatic carbocycles. The minimum atomic E-state index is -3.65. The molecule has 1 N–H and O–H groups in total. The highest BCUT2D eigenvalue weighted by Crippen LogP contribution is 2.21. The Balaban J connectivity index is 3.25. The Bertz CT molecular complexity index is 493. The zero-order valence-corrected chi connectivity index (χ0v) is 11.5. The topological polar surface area (TPSA) is 46.2 Å². The second-order valence-electron chi connectivity index (χ2n) is 4.05. The summed E-state index contributed by atoms with van der Waals surface area (Å²) in [5.41, 5.74) is 0.772. The first-order valence-corrected chi connectivity index (χ1v) is 7.14. The molecule has 0 bridgehead atoms. The third-order valence-electron chi connectivity index (χ3n) is 2.28. The summed E-state index contributed by atoms with van der Waals surface area (Å²) in [5, 5.41) is 0. The molecule has 0 radical (unpaired) electrons. The van der Waals surface area contributed by atoms with Crippen LogP contribution in [0.5, 0.6) is 0 Å². The van der Waals surface area contributed by atoms with E-state index in [2.05, 4.69) is 4.72 Å². The van der Waals surface area contributed by atoms with E-state index in [1.807, 2.05) is 0 Å². The van der Waals surface area contributed by atoms with Gasteiger partial charge in [-0.2, -0.15) is 0 Å². The molecule has 0 aromatic heterocycles. The summed E-state index contributed by atoms with van der Waals surface area (Å²) < 4.78 is 39.7. The zero-order chi connectivity index (χ0) is 13.2. The number of halogens is 2. The normalized spacial score (nSPS) is 13.7. The lowest BCUT2D eigenvalue weighted by atomic mass is 10.1. The highest BCUT2D eigenvalue weighted by Gasteiger charge is 2.21. The first-order valence-electron chi connectivity index (χ1n) is 5.13. The summed E-state index contributed by atoms with van der Waals surface area (Å²) in [4.78, 5) is 0.121. The quantitative estimate of drug-likeness (QED) is 0.860. The van der Waals surface area contributed by atoms with Crippen LogP contribution in [-0.4, -0.2) is 20.3 Å². The van der Waals surface area contributed by atoms with Crippen LogP contribution in [0.25, 0.3) is 0 Å². The largest absolute Gasteiger partial charge is 0.241 e. The first kappa shape index (κ1) is 14.4. The Kier molecular flexibility index (Phi) is 4.52. The third kappa shape index (κ3) is 3.40. The van der Waals surface area contributed by atoms with E-state index in [4.69, 9.17) is 11.6 Å². The molecule has 1 rings (SSSR count). The molecule has 0 aliphatic rings. The minimum Gasteiger partial charge on any atom is -0.207 e. The van der Waals surface area contributed by atoms with E-state index in [0.29, 0.717) is 11.1 Å². The molecule has 0 heterocycles. The van der Waals surface area contributed by atoms with Crippen LogP contribution < -0.4 is 4.72 Å². The van der Waals surface area contributed by atoms with E-state index in [1.165, 1.54) is 12.1 Å². The average Bonchev–Trinajstić information content (AvgIpc) is 2.14. The molecular formula is C11H15ClFNO2S. The molecule has 1 atom stereocenters. The van der Waals surface area contributed by atoms with E-state index in [-0.39, 0.29) is 16.8 Å². The van der Waals surface area contributed by atoms with Gasteiger partial charge < -0.3 is 0 Å². The lowest BCUT2D eigenvalue weighted by Crippen LogP contribution is -2.34. The first-order chi connectivity index (χ1) is 7.77. The van der Waals surface area contributed by atoms with Crippen molar-refractivity contribution in [3.8, 4) is 0 Å². The second kappa shape index (κ2) is 5.33. The van der Waals surface area contributed by atoms with Crippen molar-refractivity contribution in [1.29, 1.82) is 0 Å². The summed E-state index contributed by atoms with van der Waals surface area (Å²) in [5.74, 6) is -0.261. The van der Waals surface area contributed by atoms with E-state index in [9.17, 15) is 12.8 Å². The molecule has 0 amide bonds. The van der Waals surface area contributed by atoms with Crippen molar-refractivity contribution >= 4 is 21.6 Å². The minimum absolute atomic E-state index is 0.121. The van der Waals surface area contributed by atoms with Gasteiger partial charge in [0.05, 0.1) is 4.90 Å². The van der Waals surface area contributed by atoms with Gasteiger partial charge in [-0.15, -0.1) is 11.6 Å². The van der Waals surface area contributed by atoms with E-state index in [1.54, 1.807) is 20.8 Å². The number of alkyl halides is 1. The molecule has 0 saturated carbocycles. The standard InChI is InChI=1S/C11H15ClFNO2S/c1-7-4-10(13)5-8(2)11(7)17(15,16)14-9(3)6-12/h4-5,9,14H,6H2,1-3H3. The van der Waals surface area contributed by atoms with Gasteiger partial charge in [0.25, 0.3) is 0 Å². The van der Waals surface area contributed by atoms with Crippen molar-refractivity contribution in [2.45, 2.75) is 31.7 Å². The number of sulfonamides is 1. The smallest absolute Gasteiger partial charge is 0.207 e. The van der Waals surface area contributed by atoms with E-state index >= 15 is 0 Å². The lowest BCUT2D eigenvalue weighted by Gasteiger charge is -2.15. The van der Waals surface area contributed by atoms with Crippen LogP contribution in [0.15, 0.2) is 17.0 Å². The number of aryl methyl sites for hydroxylation is 2. The van der Waals surface area contributed by atoms with Crippen LogP contribution in [0.4, 0.5) is 4.39 Å². The van der Waals surface area contributed by atoms with Gasteiger partial charge in [-0.3, -0.25) is 0 Å². The van der Waals surface area contributed by atoms with Crippen molar-refractivity contribution < 1.29 is 12.8 Å². The number of hydrogen-bond donors (Lipinski definition) is 1. The maximum atomic E-state index is 13.1. The average molecular weight is 280 g/mol. The van der Waals surface area contributed by atoms with Gasteiger partial charge in [-0.1, -0.05) is 0 Å². The summed E-state index contributed by atoms with van der Waals surface area (Å²) in [6.07, 6.45) is 0. The van der Waals surface area contributed by atoms with Crippen LogP contribution in [0, 0.1) is 19.7 Å². The van der Waals surface area contributed by atoms with Gasteiger partial charge in [0.15, 0.2) is 0 Å². The Morgan fingerprint density at radius 1 is 1.35 bits per heavy atom. The molecule has 96 valence electrons. The van der Waals surface area contributed by atoms with Gasteiger partial charge in [0, 0.05) is 11.9 Å². The third-order valence-corrected chi connectivity index (χ3v) is 4.64. The Hall–Kier alpha value is -0.650. The Morgan fingerprint density at radius 2 is 1.82 bits per heavy atom. The van der Waals surface area contributed by atoms with Gasteiger partial charge in [-0.05, 0) is 44.0 Å². The molecule has 0 saturated heterocycles. The fourth-order valence-electron chi connectivity index (χ4n) is 1.68. The van der Waals surface area contributed by atoms with Gasteiger partial charge >= 0.3 is 0 Å². The predicted molar refractivity (Wildman–Crippen MR) is 66.4 cm³/mol. The van der Waals surface area contributed by atoms with Crippen LogP contribution >= 0.6 is 11.6 Å². The Morgan fingerprint density at radius 3 is 2.24 bits per heavy atom. The van der Waals surface area contributed by atoms with Crippen LogP contribution in [0.2, 0.25) is 0 Å². The molecule has 0 aliphatic heterocycles. The van der Waals surface area contributed by atoms with Crippen molar-refractivity contribution in [2.75, 3.05) is 5.88 Å². The van der Waals surface area contributed by atoms with Crippen LogP contribution in [0.3, 0.4) is 0 Å². The highest BCUT2D eigenvalue weighted by molar-refractivity contribution is 7.89. The number of hydrogen-bond acceptors (Lipinski definition) is 2. The molecule has 1 unspecified atom stereocenters. The molecular weight excluding hydrogens is 265 g/mol. The monoisotopic (exact) mass is 279 g/mol. The predicted octanol–water partition coefficient (Wildman–Crippen LogP) is 2.35. The summed E-state index contributed by atoms with van der Waals surface area (Å²) in [6.45, 7) is 4.80. The summed E-state index contributed by atoms with van der Waals surface area (Å²) in [7, 11) is -3.65. The molecule has 1 aromatic carbocycles. The van der Waals surface area contributed by atoms with Crippen LogP contribution in [0.1, 0.15) is 18.1 Å². The number of rotatable bonds is 4. The van der Waals surface area contributed by atoms with Crippen LogP contribution in [-0.2, 0) is 10.0 Å². The number of nitrogens with one attached hydrogen (secondary N) is 1. The van der Waals surface area contributed by atoms with Crippen molar-refractivity contribution in [3.63, 3.8) is 0 Å². The maximum Gasteiger partial charge on any atom is 0.241 e. The van der Waals surface area contributed by atoms with Crippen molar-refractivity contribution in [2.24, 2.45) is 0 Å². The van der Waals surface area contributed by atoms with Gasteiger partial charge in [-0.25, -0.2) is 17.5 Å². The van der Waals surface area contributed by atoms with Gasteiger partial charge in [0.2, 0.25) is 10.0 Å². The second-order valence-corrected chi connectivity index (χ2v) is 6.00. The SMILES string of the molecule is Cc1cc(F)cc(C)c1S(=O)(=O)NC(C)CCl. The Labute approximate surface area is 106 Å². The van der Waals surface area contributed by atoms with Crippen molar-refractivity contribution in [3.05, 3.63) is 29.1 Å². The van der Waals surface area contributed by atoms with Gasteiger partial charge in [0.1, 0.15) is 5.82 Å². The molecule has 3 nitrogen and oxygen atoms in total.